The molecule has 0 aromatic carbocycles. The Morgan fingerprint density at radius 3 is 2.52 bits per heavy atom. The van der Waals surface area contributed by atoms with E-state index >= 15 is 0 Å². The van der Waals surface area contributed by atoms with Gasteiger partial charge in [0, 0.05) is 6.54 Å². The van der Waals surface area contributed by atoms with Crippen molar-refractivity contribution in [1.82, 2.24) is 5.32 Å². The highest BCUT2D eigenvalue weighted by molar-refractivity contribution is 6.45. The van der Waals surface area contributed by atoms with Crippen molar-refractivity contribution in [2.24, 2.45) is 0 Å². The summed E-state index contributed by atoms with van der Waals surface area (Å²) in [5.74, 6) is -1.27. The Balaban J connectivity index is 2.88. The molecule has 0 aliphatic carbocycles. The topological polar surface area (TPSA) is 95.6 Å². The van der Waals surface area contributed by atoms with E-state index in [0.29, 0.717) is 6.54 Å². The number of aromatic nitrogens is 1. The molecule has 1 atom stereocenters. The summed E-state index contributed by atoms with van der Waals surface area (Å²) >= 11 is 17.5. The zero-order chi connectivity index (χ0) is 16.2. The number of ether oxygens (including phenoxy) is 1. The summed E-state index contributed by atoms with van der Waals surface area (Å²) < 4.78 is 5.00. The van der Waals surface area contributed by atoms with Crippen LogP contribution in [0.15, 0.2) is 0 Å². The second kappa shape index (κ2) is 7.68. The van der Waals surface area contributed by atoms with Gasteiger partial charge in [0.2, 0.25) is 0 Å². The van der Waals surface area contributed by atoms with Gasteiger partial charge >= 0.3 is 11.7 Å². The number of H-pyrrole nitrogens is 1. The molecule has 0 radical (unpaired) electrons. The van der Waals surface area contributed by atoms with Crippen molar-refractivity contribution in [3.8, 4) is 0 Å². The Morgan fingerprint density at radius 2 is 1.95 bits per heavy atom. The summed E-state index contributed by atoms with van der Waals surface area (Å²) in [5.41, 5.74) is 5.41. The first-order valence-corrected chi connectivity index (χ1v) is 7.26. The molecule has 0 aliphatic rings. The number of halogens is 3. The molecule has 0 aliphatic heterocycles. The third-order valence-electron chi connectivity index (χ3n) is 2.53. The van der Waals surface area contributed by atoms with Crippen LogP contribution in [0.5, 0.6) is 0 Å². The molecule has 0 spiro atoms. The van der Waals surface area contributed by atoms with Gasteiger partial charge in [-0.25, -0.2) is 4.79 Å². The molecule has 0 saturated heterocycles. The lowest BCUT2D eigenvalue weighted by atomic mass is 10.3. The van der Waals surface area contributed by atoms with Crippen molar-refractivity contribution in [2.45, 2.75) is 26.4 Å². The minimum atomic E-state index is -0.982. The Labute approximate surface area is 136 Å². The number of amides is 1. The predicted molar refractivity (Wildman–Crippen MR) is 80.6 cm³/mol. The van der Waals surface area contributed by atoms with Crippen molar-refractivity contribution in [2.75, 3.05) is 12.3 Å². The van der Waals surface area contributed by atoms with E-state index in [1.54, 1.807) is 0 Å². The molecule has 0 bridgehead atoms. The van der Waals surface area contributed by atoms with E-state index < -0.39 is 18.0 Å². The van der Waals surface area contributed by atoms with Crippen LogP contribution in [-0.2, 0) is 9.53 Å². The van der Waals surface area contributed by atoms with Crippen LogP contribution < -0.4 is 16.0 Å². The average molecular weight is 356 g/mol. The summed E-state index contributed by atoms with van der Waals surface area (Å²) in [6, 6.07) is 0. The van der Waals surface area contributed by atoms with Gasteiger partial charge in [-0.3, -0.25) is 4.79 Å². The van der Waals surface area contributed by atoms with Gasteiger partial charge in [-0.05, 0) is 24.9 Å². The molecule has 0 saturated carbocycles. The van der Waals surface area contributed by atoms with Crippen LogP contribution in [0.25, 0.3) is 0 Å². The first-order chi connectivity index (χ1) is 9.79. The molecule has 1 aromatic rings. The van der Waals surface area contributed by atoms with Crippen molar-refractivity contribution in [3.63, 3.8) is 0 Å². The van der Waals surface area contributed by atoms with Gasteiger partial charge in [-0.1, -0.05) is 30.1 Å². The van der Waals surface area contributed by atoms with Crippen LogP contribution in [0, 0.1) is 0 Å². The number of esters is 1. The zero-order valence-electron chi connectivity index (χ0n) is 11.4. The number of carbonyl (C=O) groups excluding carboxylic acids is 2. The second-order valence-electron chi connectivity index (χ2n) is 4.19. The highest BCUT2D eigenvalue weighted by Crippen LogP contribution is 2.32. The maximum Gasteiger partial charge on any atom is 0.406 e. The third kappa shape index (κ3) is 4.36. The summed E-state index contributed by atoms with van der Waals surface area (Å²) in [6.45, 7) is 3.84. The maximum absolute atomic E-state index is 12.0. The van der Waals surface area contributed by atoms with E-state index in [9.17, 15) is 9.59 Å². The molecule has 1 aromatic heterocycles. The number of hydrogen-bond acceptors (Lipinski definition) is 4. The molecular weight excluding hydrogens is 341 g/mol. The molecular formula is C12H15Cl3N3O3+. The van der Waals surface area contributed by atoms with Crippen molar-refractivity contribution in [3.05, 3.63) is 20.9 Å². The normalized spacial score (nSPS) is 11.9. The van der Waals surface area contributed by atoms with Crippen LogP contribution in [0.1, 0.15) is 30.8 Å². The number of hydrogen-bond donors (Lipinski definition) is 2. The second-order valence-corrected chi connectivity index (χ2v) is 5.33. The number of nitrogen functional groups attached to an aromatic ring is 1. The Morgan fingerprint density at radius 1 is 1.33 bits per heavy atom. The van der Waals surface area contributed by atoms with E-state index in [-0.39, 0.29) is 26.6 Å². The number of pyridine rings is 1. The van der Waals surface area contributed by atoms with Gasteiger partial charge in [-0.2, -0.15) is 4.98 Å². The highest BCUT2D eigenvalue weighted by Gasteiger charge is 2.29. The third-order valence-corrected chi connectivity index (χ3v) is 3.69. The van der Waals surface area contributed by atoms with Gasteiger partial charge in [0.05, 0.1) is 5.69 Å². The molecule has 1 amide bonds. The standard InChI is InChI=1S/C12H14Cl3N3O3/c1-3-4-17-11(19)5(2)21-12(20)9-6(13)8(16)7(14)10(15)18-9/h5H,3-4H2,1-2H3,(H2,16,18)(H,17,19)/p+1/t5-/m0/s1. The van der Waals surface area contributed by atoms with E-state index in [1.165, 1.54) is 6.92 Å². The molecule has 116 valence electrons. The monoisotopic (exact) mass is 354 g/mol. The fourth-order valence-corrected chi connectivity index (χ4v) is 1.98. The summed E-state index contributed by atoms with van der Waals surface area (Å²) in [5, 5.41) is 2.45. The number of rotatable bonds is 5. The van der Waals surface area contributed by atoms with E-state index in [4.69, 9.17) is 45.3 Å². The van der Waals surface area contributed by atoms with Gasteiger partial charge in [0.15, 0.2) is 6.10 Å². The molecule has 9 heteroatoms. The number of nitrogens with two attached hydrogens (primary N) is 1. The van der Waals surface area contributed by atoms with Gasteiger partial charge in [0.1, 0.15) is 10.0 Å². The first kappa shape index (κ1) is 17.8. The average Bonchev–Trinajstić information content (AvgIpc) is 2.45. The van der Waals surface area contributed by atoms with Crippen LogP contribution in [0.2, 0.25) is 15.2 Å². The lowest BCUT2D eigenvalue weighted by Gasteiger charge is -2.12. The van der Waals surface area contributed by atoms with Crippen molar-refractivity contribution >= 4 is 52.4 Å². The molecule has 0 unspecified atom stereocenters. The fraction of sp³-hybridized carbons (Fsp3) is 0.417. The summed E-state index contributed by atoms with van der Waals surface area (Å²) in [6.07, 6.45) is -0.209. The Hall–Kier alpha value is -1.24. The van der Waals surface area contributed by atoms with Crippen LogP contribution in [0.4, 0.5) is 5.69 Å². The van der Waals surface area contributed by atoms with E-state index in [2.05, 4.69) is 10.3 Å². The smallest absolute Gasteiger partial charge is 0.406 e. The SMILES string of the molecule is CCCNC(=O)[C@H](C)OC(=O)c1[nH+]c(Cl)c(Cl)c(N)c1Cl. The van der Waals surface area contributed by atoms with Gasteiger partial charge < -0.3 is 15.8 Å². The molecule has 1 heterocycles. The number of aromatic amines is 1. The minimum Gasteiger partial charge on any atom is -0.445 e. The van der Waals surface area contributed by atoms with Crippen LogP contribution in [0.3, 0.4) is 0 Å². The predicted octanol–water partition coefficient (Wildman–Crippen LogP) is 2.11. The van der Waals surface area contributed by atoms with E-state index in [1.807, 2.05) is 6.92 Å². The van der Waals surface area contributed by atoms with E-state index in [0.717, 1.165) is 6.42 Å². The molecule has 21 heavy (non-hydrogen) atoms. The van der Waals surface area contributed by atoms with Crippen LogP contribution in [-0.4, -0.2) is 24.5 Å². The Bertz CT molecular complexity index is 566. The molecule has 0 fully saturated rings. The van der Waals surface area contributed by atoms with Crippen LogP contribution >= 0.6 is 34.8 Å². The first-order valence-electron chi connectivity index (χ1n) is 6.13. The molecule has 1 rings (SSSR count). The number of carbonyl (C=O) groups is 2. The number of nitrogens with one attached hydrogen (secondary N) is 2. The molecule has 4 N–H and O–H groups in total. The van der Waals surface area contributed by atoms with Crippen molar-refractivity contribution < 1.29 is 19.3 Å². The zero-order valence-corrected chi connectivity index (χ0v) is 13.7. The highest BCUT2D eigenvalue weighted by atomic mass is 35.5. The minimum absolute atomic E-state index is 0.00644. The maximum atomic E-state index is 12.0. The quantitative estimate of drug-likeness (QED) is 0.624. The largest absolute Gasteiger partial charge is 0.445 e. The summed E-state index contributed by atoms with van der Waals surface area (Å²) in [7, 11) is 0. The lowest BCUT2D eigenvalue weighted by Crippen LogP contribution is -2.37. The molecule has 6 nitrogen and oxygen atoms in total. The number of anilines is 1. The van der Waals surface area contributed by atoms with Gasteiger partial charge in [0.25, 0.3) is 11.1 Å². The lowest BCUT2D eigenvalue weighted by molar-refractivity contribution is -0.380. The Kier molecular flexibility index (Phi) is 6.51. The van der Waals surface area contributed by atoms with Gasteiger partial charge in [-0.15, -0.1) is 0 Å². The fourth-order valence-electron chi connectivity index (χ4n) is 1.37. The summed E-state index contributed by atoms with van der Waals surface area (Å²) in [4.78, 5) is 26.1. The van der Waals surface area contributed by atoms with Crippen molar-refractivity contribution in [1.29, 1.82) is 0 Å².